The third-order valence-corrected chi connectivity index (χ3v) is 3.81. The first kappa shape index (κ1) is 17.8. The maximum absolute atomic E-state index is 12.2. The second kappa shape index (κ2) is 7.49. The van der Waals surface area contributed by atoms with E-state index in [4.69, 9.17) is 10.00 Å². The summed E-state index contributed by atoms with van der Waals surface area (Å²) in [5.41, 5.74) is 1.21. The lowest BCUT2D eigenvalue weighted by Gasteiger charge is -2.13. The first-order chi connectivity index (χ1) is 13.0. The van der Waals surface area contributed by atoms with Crippen molar-refractivity contribution in [3.63, 3.8) is 0 Å². The Morgan fingerprint density at radius 2 is 1.70 bits per heavy atom. The van der Waals surface area contributed by atoms with E-state index in [0.29, 0.717) is 11.3 Å². The minimum Gasteiger partial charge on any atom is -0.454 e. The van der Waals surface area contributed by atoms with Crippen molar-refractivity contribution in [1.29, 1.82) is 5.26 Å². The predicted octanol–water partition coefficient (Wildman–Crippen LogP) is 1.34. The SMILES string of the molecule is N#Cc1cccc(NC(=O)COC(=O)CN2C(=O)c3ccccc3C2=O)c1. The van der Waals surface area contributed by atoms with Gasteiger partial charge in [-0.05, 0) is 30.3 Å². The number of imide groups is 1. The summed E-state index contributed by atoms with van der Waals surface area (Å²) < 4.78 is 4.83. The van der Waals surface area contributed by atoms with Crippen molar-refractivity contribution in [2.75, 3.05) is 18.5 Å². The number of ether oxygens (including phenoxy) is 1. The van der Waals surface area contributed by atoms with E-state index in [9.17, 15) is 19.2 Å². The Morgan fingerprint density at radius 3 is 2.33 bits per heavy atom. The van der Waals surface area contributed by atoms with Gasteiger partial charge >= 0.3 is 5.97 Å². The van der Waals surface area contributed by atoms with Gasteiger partial charge in [0.05, 0.1) is 22.8 Å². The highest BCUT2D eigenvalue weighted by Crippen LogP contribution is 2.22. The van der Waals surface area contributed by atoms with Crippen molar-refractivity contribution in [3.05, 3.63) is 65.2 Å². The van der Waals surface area contributed by atoms with E-state index >= 15 is 0 Å². The van der Waals surface area contributed by atoms with Gasteiger partial charge in [-0.15, -0.1) is 0 Å². The van der Waals surface area contributed by atoms with Gasteiger partial charge in [-0.3, -0.25) is 24.1 Å². The molecule has 2 aromatic rings. The van der Waals surface area contributed by atoms with Gasteiger partial charge in [0.1, 0.15) is 6.54 Å². The first-order valence-electron chi connectivity index (χ1n) is 7.90. The van der Waals surface area contributed by atoms with Crippen molar-refractivity contribution >= 4 is 29.4 Å². The standard InChI is InChI=1S/C19H13N3O5/c20-9-12-4-3-5-13(8-12)21-16(23)11-27-17(24)10-22-18(25)14-6-1-2-7-15(14)19(22)26/h1-8H,10-11H2,(H,21,23). The molecule has 0 unspecified atom stereocenters. The second-order valence-electron chi connectivity index (χ2n) is 5.64. The van der Waals surface area contributed by atoms with Crippen molar-refractivity contribution in [1.82, 2.24) is 4.90 Å². The zero-order valence-electron chi connectivity index (χ0n) is 14.0. The van der Waals surface area contributed by atoms with Gasteiger partial charge < -0.3 is 10.1 Å². The monoisotopic (exact) mass is 363 g/mol. The van der Waals surface area contributed by atoms with E-state index in [-0.39, 0.29) is 11.1 Å². The number of carbonyl (C=O) groups excluding carboxylic acids is 4. The molecule has 1 aliphatic heterocycles. The van der Waals surface area contributed by atoms with Crippen molar-refractivity contribution in [2.45, 2.75) is 0 Å². The highest BCUT2D eigenvalue weighted by molar-refractivity contribution is 6.22. The zero-order valence-corrected chi connectivity index (χ0v) is 14.0. The quantitative estimate of drug-likeness (QED) is 0.633. The number of anilines is 1. The van der Waals surface area contributed by atoms with Crippen LogP contribution in [0.15, 0.2) is 48.5 Å². The fraction of sp³-hybridized carbons (Fsp3) is 0.105. The third kappa shape index (κ3) is 3.82. The number of hydrogen-bond donors (Lipinski definition) is 1. The zero-order chi connectivity index (χ0) is 19.4. The van der Waals surface area contributed by atoms with Crippen LogP contribution in [0.1, 0.15) is 26.3 Å². The van der Waals surface area contributed by atoms with E-state index in [1.165, 1.54) is 18.2 Å². The predicted molar refractivity (Wildman–Crippen MR) is 92.6 cm³/mol. The summed E-state index contributed by atoms with van der Waals surface area (Å²) in [5, 5.41) is 11.3. The van der Waals surface area contributed by atoms with E-state index < -0.39 is 36.8 Å². The smallest absolute Gasteiger partial charge is 0.326 e. The molecule has 1 N–H and O–H groups in total. The average molecular weight is 363 g/mol. The number of nitriles is 1. The Hall–Kier alpha value is -3.99. The highest BCUT2D eigenvalue weighted by atomic mass is 16.5. The van der Waals surface area contributed by atoms with E-state index in [1.807, 2.05) is 6.07 Å². The normalized spacial score (nSPS) is 12.3. The minimum atomic E-state index is -0.884. The molecule has 8 nitrogen and oxygen atoms in total. The molecule has 0 bridgehead atoms. The summed E-state index contributed by atoms with van der Waals surface area (Å²) in [4.78, 5) is 48.9. The number of nitrogens with zero attached hydrogens (tertiary/aromatic N) is 2. The summed E-state index contributed by atoms with van der Waals surface area (Å²) >= 11 is 0. The number of fused-ring (bicyclic) bond motifs is 1. The number of esters is 1. The minimum absolute atomic E-state index is 0.227. The molecule has 0 saturated heterocycles. The molecule has 8 heteroatoms. The van der Waals surface area contributed by atoms with Gasteiger partial charge in [0.15, 0.2) is 6.61 Å². The van der Waals surface area contributed by atoms with Crippen molar-refractivity contribution in [3.8, 4) is 6.07 Å². The molecule has 2 aromatic carbocycles. The maximum Gasteiger partial charge on any atom is 0.326 e. The topological polar surface area (TPSA) is 117 Å². The summed E-state index contributed by atoms with van der Waals surface area (Å²) in [5.74, 6) is -2.65. The molecule has 0 saturated carbocycles. The van der Waals surface area contributed by atoms with Crippen LogP contribution in [-0.4, -0.2) is 41.7 Å². The molecule has 0 spiro atoms. The molecule has 0 aromatic heterocycles. The Labute approximate surface area is 153 Å². The second-order valence-corrected chi connectivity index (χ2v) is 5.64. The van der Waals surface area contributed by atoms with Gasteiger partial charge in [-0.25, -0.2) is 0 Å². The van der Waals surface area contributed by atoms with Crippen LogP contribution in [0.4, 0.5) is 5.69 Å². The molecular weight excluding hydrogens is 350 g/mol. The van der Waals surface area contributed by atoms with Crippen LogP contribution in [0.3, 0.4) is 0 Å². The van der Waals surface area contributed by atoms with Crippen LogP contribution in [0.2, 0.25) is 0 Å². The Kier molecular flexibility index (Phi) is 4.95. The largest absolute Gasteiger partial charge is 0.454 e. The number of benzene rings is 2. The van der Waals surface area contributed by atoms with Gasteiger partial charge in [0.25, 0.3) is 17.7 Å². The van der Waals surface area contributed by atoms with Gasteiger partial charge in [0, 0.05) is 5.69 Å². The van der Waals surface area contributed by atoms with Gasteiger partial charge in [0.2, 0.25) is 0 Å². The molecule has 1 aliphatic rings. The summed E-state index contributed by atoms with van der Waals surface area (Å²) in [6, 6.07) is 14.4. The fourth-order valence-electron chi connectivity index (χ4n) is 2.57. The van der Waals surface area contributed by atoms with Crippen LogP contribution in [-0.2, 0) is 14.3 Å². The lowest BCUT2D eigenvalue weighted by atomic mass is 10.1. The number of nitrogens with one attached hydrogen (secondary N) is 1. The number of amides is 3. The van der Waals surface area contributed by atoms with E-state index in [2.05, 4.69) is 5.32 Å². The summed E-state index contributed by atoms with van der Waals surface area (Å²) in [6.45, 7) is -1.16. The Balaban J connectivity index is 1.53. The first-order valence-corrected chi connectivity index (χ1v) is 7.90. The van der Waals surface area contributed by atoms with Crippen LogP contribution < -0.4 is 5.32 Å². The lowest BCUT2D eigenvalue weighted by molar-refractivity contribution is -0.147. The lowest BCUT2D eigenvalue weighted by Crippen LogP contribution is -2.36. The molecule has 0 fully saturated rings. The molecule has 0 aliphatic carbocycles. The number of hydrogen-bond acceptors (Lipinski definition) is 6. The molecule has 134 valence electrons. The van der Waals surface area contributed by atoms with Crippen molar-refractivity contribution < 1.29 is 23.9 Å². The molecule has 0 atom stereocenters. The van der Waals surface area contributed by atoms with Crippen LogP contribution in [0.25, 0.3) is 0 Å². The van der Waals surface area contributed by atoms with Gasteiger partial charge in [-0.2, -0.15) is 5.26 Å². The molecule has 3 amide bonds. The molecular formula is C19H13N3O5. The number of rotatable bonds is 5. The van der Waals surface area contributed by atoms with Crippen LogP contribution >= 0.6 is 0 Å². The molecule has 0 radical (unpaired) electrons. The van der Waals surface area contributed by atoms with Gasteiger partial charge in [-0.1, -0.05) is 18.2 Å². The van der Waals surface area contributed by atoms with Crippen LogP contribution in [0.5, 0.6) is 0 Å². The average Bonchev–Trinajstić information content (AvgIpc) is 2.92. The molecule has 1 heterocycles. The highest BCUT2D eigenvalue weighted by Gasteiger charge is 2.36. The summed E-state index contributed by atoms with van der Waals surface area (Å²) in [6.07, 6.45) is 0. The Bertz CT molecular complexity index is 958. The molecule has 27 heavy (non-hydrogen) atoms. The van der Waals surface area contributed by atoms with Crippen LogP contribution in [0, 0.1) is 11.3 Å². The number of carbonyl (C=O) groups is 4. The van der Waals surface area contributed by atoms with E-state index in [0.717, 1.165) is 4.90 Å². The summed E-state index contributed by atoms with van der Waals surface area (Å²) in [7, 11) is 0. The van der Waals surface area contributed by atoms with E-state index in [1.54, 1.807) is 30.3 Å². The third-order valence-electron chi connectivity index (χ3n) is 3.81. The van der Waals surface area contributed by atoms with Crippen molar-refractivity contribution in [2.24, 2.45) is 0 Å². The fourth-order valence-corrected chi connectivity index (χ4v) is 2.57. The maximum atomic E-state index is 12.2. The Morgan fingerprint density at radius 1 is 1.04 bits per heavy atom. The molecule has 3 rings (SSSR count).